The van der Waals surface area contributed by atoms with Crippen LogP contribution in [0.4, 0.5) is 4.39 Å². The molecule has 1 aromatic rings. The summed E-state index contributed by atoms with van der Waals surface area (Å²) in [7, 11) is 0. The van der Waals surface area contributed by atoms with Crippen LogP contribution in [0.25, 0.3) is 0 Å². The van der Waals surface area contributed by atoms with Crippen LogP contribution in [0.2, 0.25) is 5.02 Å². The first kappa shape index (κ1) is 15.8. The molecular formula is C15H17ClFNO3. The van der Waals surface area contributed by atoms with Gasteiger partial charge in [-0.15, -0.1) is 0 Å². The van der Waals surface area contributed by atoms with E-state index in [1.54, 1.807) is 0 Å². The third-order valence-corrected chi connectivity index (χ3v) is 4.22. The van der Waals surface area contributed by atoms with Crippen LogP contribution < -0.4 is 0 Å². The molecule has 0 aromatic heterocycles. The highest BCUT2D eigenvalue weighted by molar-refractivity contribution is 6.30. The maximum atomic E-state index is 13.8. The number of carbonyl (C=O) groups is 2. The lowest BCUT2D eigenvalue weighted by molar-refractivity contribution is -0.148. The smallest absolute Gasteiger partial charge is 0.311 e. The van der Waals surface area contributed by atoms with Gasteiger partial charge in [0.2, 0.25) is 0 Å². The zero-order chi connectivity index (χ0) is 15.6. The number of carbonyl (C=O) groups excluding carboxylic acids is 1. The average molecular weight is 314 g/mol. The van der Waals surface area contributed by atoms with Crippen molar-refractivity contribution in [2.75, 3.05) is 13.1 Å². The quantitative estimate of drug-likeness (QED) is 0.928. The molecular weight excluding hydrogens is 297 g/mol. The molecule has 1 atom stereocenters. The topological polar surface area (TPSA) is 57.6 Å². The van der Waals surface area contributed by atoms with Crippen LogP contribution in [-0.4, -0.2) is 35.0 Å². The van der Waals surface area contributed by atoms with E-state index < -0.39 is 23.1 Å². The number of hydrogen-bond donors (Lipinski definition) is 1. The summed E-state index contributed by atoms with van der Waals surface area (Å²) in [6.07, 6.45) is 1.63. The van der Waals surface area contributed by atoms with Crippen molar-refractivity contribution in [3.63, 3.8) is 0 Å². The minimum Gasteiger partial charge on any atom is -0.481 e. The number of carboxylic acids is 1. The van der Waals surface area contributed by atoms with Crippen molar-refractivity contribution < 1.29 is 19.1 Å². The summed E-state index contributed by atoms with van der Waals surface area (Å²) in [5.74, 6) is -2.06. The molecule has 114 valence electrons. The highest BCUT2D eigenvalue weighted by Gasteiger charge is 2.45. The maximum Gasteiger partial charge on any atom is 0.311 e. The molecule has 1 aliphatic heterocycles. The molecule has 1 fully saturated rings. The predicted octanol–water partition coefficient (Wildman–Crippen LogP) is 3.20. The number of aliphatic carboxylic acids is 1. The Balaban J connectivity index is 2.20. The molecule has 1 aromatic carbocycles. The molecule has 0 radical (unpaired) electrons. The normalized spacial score (nSPS) is 21.6. The second kappa shape index (κ2) is 6.02. The molecule has 0 saturated carbocycles. The zero-order valence-corrected chi connectivity index (χ0v) is 12.5. The van der Waals surface area contributed by atoms with Gasteiger partial charge in [0.15, 0.2) is 0 Å². The van der Waals surface area contributed by atoms with Gasteiger partial charge in [-0.2, -0.15) is 0 Å². The van der Waals surface area contributed by atoms with E-state index >= 15 is 0 Å². The van der Waals surface area contributed by atoms with Crippen molar-refractivity contribution in [3.05, 3.63) is 34.6 Å². The lowest BCUT2D eigenvalue weighted by Gasteiger charge is -2.24. The number of benzene rings is 1. The number of rotatable bonds is 4. The van der Waals surface area contributed by atoms with Crippen molar-refractivity contribution in [2.45, 2.75) is 26.2 Å². The van der Waals surface area contributed by atoms with Gasteiger partial charge in [-0.3, -0.25) is 9.59 Å². The Labute approximate surface area is 127 Å². The van der Waals surface area contributed by atoms with E-state index in [-0.39, 0.29) is 17.1 Å². The van der Waals surface area contributed by atoms with E-state index in [0.29, 0.717) is 19.4 Å². The van der Waals surface area contributed by atoms with Gasteiger partial charge < -0.3 is 10.0 Å². The summed E-state index contributed by atoms with van der Waals surface area (Å²) in [5, 5.41) is 9.65. The molecule has 1 amide bonds. The lowest BCUT2D eigenvalue weighted by Crippen LogP contribution is -2.37. The first-order valence-electron chi connectivity index (χ1n) is 6.87. The summed E-state index contributed by atoms with van der Waals surface area (Å²) in [6.45, 7) is 2.36. The van der Waals surface area contributed by atoms with Crippen LogP contribution in [0.3, 0.4) is 0 Å². The minimum absolute atomic E-state index is 0.0721. The fourth-order valence-electron chi connectivity index (χ4n) is 2.84. The average Bonchev–Trinajstić information content (AvgIpc) is 2.84. The van der Waals surface area contributed by atoms with Gasteiger partial charge in [0.05, 0.1) is 11.0 Å². The van der Waals surface area contributed by atoms with Crippen LogP contribution in [0.1, 0.15) is 36.5 Å². The Morgan fingerprint density at radius 3 is 2.76 bits per heavy atom. The first-order chi connectivity index (χ1) is 9.89. The van der Waals surface area contributed by atoms with Gasteiger partial charge in [0.1, 0.15) is 5.82 Å². The van der Waals surface area contributed by atoms with E-state index in [1.807, 2.05) is 6.92 Å². The van der Waals surface area contributed by atoms with Crippen LogP contribution >= 0.6 is 11.6 Å². The molecule has 1 aliphatic rings. The number of amides is 1. The van der Waals surface area contributed by atoms with Crippen molar-refractivity contribution in [1.82, 2.24) is 4.90 Å². The fourth-order valence-corrected chi connectivity index (χ4v) is 3.00. The monoisotopic (exact) mass is 313 g/mol. The summed E-state index contributed by atoms with van der Waals surface area (Å²) in [5.41, 5.74) is -0.982. The van der Waals surface area contributed by atoms with Crippen LogP contribution in [0.15, 0.2) is 18.2 Å². The largest absolute Gasteiger partial charge is 0.481 e. The Morgan fingerprint density at radius 1 is 1.48 bits per heavy atom. The van der Waals surface area contributed by atoms with E-state index in [0.717, 1.165) is 12.5 Å². The van der Waals surface area contributed by atoms with E-state index in [9.17, 15) is 19.1 Å². The lowest BCUT2D eigenvalue weighted by atomic mass is 9.83. The van der Waals surface area contributed by atoms with Gasteiger partial charge >= 0.3 is 5.97 Å². The Kier molecular flexibility index (Phi) is 4.52. The third kappa shape index (κ3) is 3.02. The van der Waals surface area contributed by atoms with E-state index in [4.69, 9.17) is 11.6 Å². The highest BCUT2D eigenvalue weighted by Crippen LogP contribution is 2.36. The molecule has 1 saturated heterocycles. The predicted molar refractivity (Wildman–Crippen MR) is 76.9 cm³/mol. The van der Waals surface area contributed by atoms with Crippen LogP contribution in [0, 0.1) is 11.2 Å². The number of halogens is 2. The summed E-state index contributed by atoms with van der Waals surface area (Å²) < 4.78 is 13.8. The zero-order valence-electron chi connectivity index (χ0n) is 11.7. The molecule has 0 spiro atoms. The highest BCUT2D eigenvalue weighted by atomic mass is 35.5. The van der Waals surface area contributed by atoms with E-state index in [2.05, 4.69) is 0 Å². The minimum atomic E-state index is -0.909. The third-order valence-electron chi connectivity index (χ3n) is 3.98. The van der Waals surface area contributed by atoms with E-state index in [1.165, 1.54) is 17.0 Å². The van der Waals surface area contributed by atoms with Gasteiger partial charge in [-0.1, -0.05) is 24.9 Å². The van der Waals surface area contributed by atoms with Crippen molar-refractivity contribution in [1.29, 1.82) is 0 Å². The number of hydrogen-bond acceptors (Lipinski definition) is 2. The number of carboxylic acid groups (broad SMARTS) is 1. The standard InChI is InChI=1S/C15H17ClFNO3/c1-2-5-15(14(20)21)6-7-18(9-15)13(19)11-4-3-10(16)8-12(11)17/h3-4,8H,2,5-7,9H2,1H3,(H,20,21). The summed E-state index contributed by atoms with van der Waals surface area (Å²) >= 11 is 5.67. The van der Waals surface area contributed by atoms with Crippen LogP contribution in [0.5, 0.6) is 0 Å². The summed E-state index contributed by atoms with van der Waals surface area (Å²) in [6, 6.07) is 3.87. The molecule has 0 aliphatic carbocycles. The van der Waals surface area contributed by atoms with Crippen molar-refractivity contribution in [2.24, 2.45) is 5.41 Å². The Morgan fingerprint density at radius 2 is 2.19 bits per heavy atom. The van der Waals surface area contributed by atoms with Crippen molar-refractivity contribution >= 4 is 23.5 Å². The van der Waals surface area contributed by atoms with Gasteiger partial charge in [-0.25, -0.2) is 4.39 Å². The fraction of sp³-hybridized carbons (Fsp3) is 0.467. The SMILES string of the molecule is CCCC1(C(=O)O)CCN(C(=O)c2ccc(Cl)cc2F)C1. The molecule has 6 heteroatoms. The summed E-state index contributed by atoms with van der Waals surface area (Å²) in [4.78, 5) is 25.3. The number of likely N-dealkylation sites (tertiary alicyclic amines) is 1. The maximum absolute atomic E-state index is 13.8. The second-order valence-electron chi connectivity index (χ2n) is 5.44. The second-order valence-corrected chi connectivity index (χ2v) is 5.87. The molecule has 4 nitrogen and oxygen atoms in total. The van der Waals surface area contributed by atoms with Gasteiger partial charge in [-0.05, 0) is 31.0 Å². The Hall–Kier alpha value is -1.62. The first-order valence-corrected chi connectivity index (χ1v) is 7.25. The Bertz CT molecular complexity index is 578. The molecule has 21 heavy (non-hydrogen) atoms. The van der Waals surface area contributed by atoms with Crippen molar-refractivity contribution in [3.8, 4) is 0 Å². The molecule has 1 heterocycles. The molecule has 1 unspecified atom stereocenters. The molecule has 1 N–H and O–H groups in total. The van der Waals surface area contributed by atoms with Crippen LogP contribution in [-0.2, 0) is 4.79 Å². The van der Waals surface area contributed by atoms with Gasteiger partial charge in [0.25, 0.3) is 5.91 Å². The van der Waals surface area contributed by atoms with Gasteiger partial charge in [0, 0.05) is 18.1 Å². The molecule has 2 rings (SSSR count). The molecule has 0 bridgehead atoms. The number of nitrogens with zero attached hydrogens (tertiary/aromatic N) is 1.